The van der Waals surface area contributed by atoms with Crippen LogP contribution >= 0.6 is 35.9 Å². The molecule has 1 aromatic carbocycles. The van der Waals surface area contributed by atoms with Gasteiger partial charge in [0.1, 0.15) is 0 Å². The smallest absolute Gasteiger partial charge is 0.179 e. The lowest BCUT2D eigenvalue weighted by molar-refractivity contribution is 0.960. The topological polar surface area (TPSA) is 30.2 Å². The molecule has 6 heteroatoms. The standard InChI is InChI=1S/C11H9N3S2.ClH/c1-15-11-13-8-4-2-3-5-9(8)16-10-12-6-7-14(10)11;/h2-7H,1H3;1H. The van der Waals surface area contributed by atoms with Gasteiger partial charge in [-0.2, -0.15) is 0 Å². The molecule has 0 fully saturated rings. The van der Waals surface area contributed by atoms with Crippen molar-refractivity contribution in [3.05, 3.63) is 36.7 Å². The van der Waals surface area contributed by atoms with Crippen LogP contribution in [0.1, 0.15) is 0 Å². The Morgan fingerprint density at radius 1 is 1.29 bits per heavy atom. The third-order valence-electron chi connectivity index (χ3n) is 2.28. The van der Waals surface area contributed by atoms with Crippen LogP contribution in [0, 0.1) is 0 Å². The van der Waals surface area contributed by atoms with E-state index in [0.29, 0.717) is 0 Å². The van der Waals surface area contributed by atoms with Crippen LogP contribution in [0.2, 0.25) is 0 Å². The van der Waals surface area contributed by atoms with Gasteiger partial charge in [-0.05, 0) is 30.2 Å². The van der Waals surface area contributed by atoms with Crippen molar-refractivity contribution in [2.24, 2.45) is 4.99 Å². The number of halogens is 1. The molecule has 0 N–H and O–H groups in total. The highest BCUT2D eigenvalue weighted by Gasteiger charge is 2.16. The Labute approximate surface area is 114 Å². The lowest BCUT2D eigenvalue weighted by Gasteiger charge is -2.02. The number of fused-ring (bicyclic) bond motifs is 2. The van der Waals surface area contributed by atoms with Gasteiger partial charge in [0, 0.05) is 17.3 Å². The van der Waals surface area contributed by atoms with Crippen molar-refractivity contribution in [2.45, 2.75) is 10.1 Å². The predicted octanol–water partition coefficient (Wildman–Crippen LogP) is 3.67. The Morgan fingerprint density at radius 2 is 2.12 bits per heavy atom. The number of rotatable bonds is 0. The maximum absolute atomic E-state index is 4.65. The van der Waals surface area contributed by atoms with Gasteiger partial charge in [-0.1, -0.05) is 23.9 Å². The molecule has 17 heavy (non-hydrogen) atoms. The maximum Gasteiger partial charge on any atom is 0.179 e. The third-order valence-corrected chi connectivity index (χ3v) is 3.98. The summed E-state index contributed by atoms with van der Waals surface area (Å²) < 4.78 is 2.02. The summed E-state index contributed by atoms with van der Waals surface area (Å²) in [5.74, 6) is 0. The fourth-order valence-corrected chi connectivity index (χ4v) is 3.06. The summed E-state index contributed by atoms with van der Waals surface area (Å²) in [4.78, 5) is 10.2. The van der Waals surface area contributed by atoms with Gasteiger partial charge in [-0.15, -0.1) is 12.4 Å². The van der Waals surface area contributed by atoms with Gasteiger partial charge in [-0.25, -0.2) is 9.98 Å². The first-order valence-corrected chi connectivity index (χ1v) is 6.86. The van der Waals surface area contributed by atoms with Crippen LogP contribution in [-0.4, -0.2) is 21.0 Å². The average Bonchev–Trinajstić information content (AvgIpc) is 2.70. The molecule has 2 aromatic rings. The zero-order valence-electron chi connectivity index (χ0n) is 9.03. The lowest BCUT2D eigenvalue weighted by Crippen LogP contribution is -2.05. The minimum Gasteiger partial charge on any atom is -0.273 e. The second-order valence-corrected chi connectivity index (χ2v) is 5.03. The third kappa shape index (κ3) is 2.22. The van der Waals surface area contributed by atoms with E-state index in [1.54, 1.807) is 23.5 Å². The van der Waals surface area contributed by atoms with E-state index in [9.17, 15) is 0 Å². The molecule has 0 radical (unpaired) electrons. The Kier molecular flexibility index (Phi) is 3.81. The molecule has 0 saturated heterocycles. The van der Waals surface area contributed by atoms with Crippen molar-refractivity contribution in [1.82, 2.24) is 9.55 Å². The monoisotopic (exact) mass is 283 g/mol. The van der Waals surface area contributed by atoms with Crippen molar-refractivity contribution in [3.8, 4) is 0 Å². The molecule has 0 bridgehead atoms. The maximum atomic E-state index is 4.65. The average molecular weight is 284 g/mol. The highest BCUT2D eigenvalue weighted by Crippen LogP contribution is 2.37. The van der Waals surface area contributed by atoms with Crippen molar-refractivity contribution in [1.29, 1.82) is 0 Å². The first kappa shape index (κ1) is 12.5. The van der Waals surface area contributed by atoms with Crippen molar-refractivity contribution in [3.63, 3.8) is 0 Å². The molecule has 0 aliphatic carbocycles. The second-order valence-electron chi connectivity index (χ2n) is 3.25. The van der Waals surface area contributed by atoms with Crippen molar-refractivity contribution < 1.29 is 0 Å². The van der Waals surface area contributed by atoms with Crippen LogP contribution in [0.4, 0.5) is 5.69 Å². The fourth-order valence-electron chi connectivity index (χ4n) is 1.55. The highest BCUT2D eigenvalue weighted by atomic mass is 35.5. The normalized spacial score (nSPS) is 12.9. The molecule has 0 atom stereocenters. The number of imidazole rings is 1. The Bertz CT molecular complexity index is 565. The van der Waals surface area contributed by atoms with E-state index in [0.717, 1.165) is 20.9 Å². The molecule has 3 rings (SSSR count). The molecule has 1 aromatic heterocycles. The lowest BCUT2D eigenvalue weighted by atomic mass is 10.3. The van der Waals surface area contributed by atoms with E-state index in [4.69, 9.17) is 0 Å². The van der Waals surface area contributed by atoms with Gasteiger partial charge in [0.15, 0.2) is 10.3 Å². The van der Waals surface area contributed by atoms with Crippen molar-refractivity contribution in [2.75, 3.05) is 6.26 Å². The zero-order valence-corrected chi connectivity index (χ0v) is 11.5. The van der Waals surface area contributed by atoms with Crippen LogP contribution in [0.5, 0.6) is 0 Å². The SMILES string of the molecule is CSC1=Nc2ccccc2Sc2nccn21.Cl. The van der Waals surface area contributed by atoms with E-state index in [-0.39, 0.29) is 12.4 Å². The summed E-state index contributed by atoms with van der Waals surface area (Å²) in [5.41, 5.74) is 1.02. The van der Waals surface area contributed by atoms with E-state index >= 15 is 0 Å². The molecule has 3 nitrogen and oxygen atoms in total. The van der Waals surface area contributed by atoms with Crippen LogP contribution in [0.25, 0.3) is 0 Å². The summed E-state index contributed by atoms with van der Waals surface area (Å²) in [6.45, 7) is 0. The molecular formula is C11H10ClN3S2. The van der Waals surface area contributed by atoms with Gasteiger partial charge in [-0.3, -0.25) is 4.57 Å². The summed E-state index contributed by atoms with van der Waals surface area (Å²) in [5, 5.41) is 1.93. The van der Waals surface area contributed by atoms with Gasteiger partial charge in [0.2, 0.25) is 0 Å². The molecule has 0 unspecified atom stereocenters. The minimum absolute atomic E-state index is 0. The molecule has 0 saturated carbocycles. The predicted molar refractivity (Wildman–Crippen MR) is 76.0 cm³/mol. The number of hydrogen-bond acceptors (Lipinski definition) is 4. The number of aromatic nitrogens is 2. The summed E-state index contributed by atoms with van der Waals surface area (Å²) in [7, 11) is 0. The first-order chi connectivity index (χ1) is 7.88. The molecule has 0 spiro atoms. The van der Waals surface area contributed by atoms with Crippen LogP contribution < -0.4 is 0 Å². The zero-order chi connectivity index (χ0) is 11.0. The van der Waals surface area contributed by atoms with Crippen LogP contribution in [-0.2, 0) is 0 Å². The van der Waals surface area contributed by atoms with E-state index in [2.05, 4.69) is 16.0 Å². The van der Waals surface area contributed by atoms with Crippen LogP contribution in [0.15, 0.2) is 51.7 Å². The summed E-state index contributed by atoms with van der Waals surface area (Å²) in [6, 6.07) is 8.14. The highest BCUT2D eigenvalue weighted by molar-refractivity contribution is 8.13. The molecule has 2 heterocycles. The van der Waals surface area contributed by atoms with Crippen molar-refractivity contribution >= 4 is 46.8 Å². The quantitative estimate of drug-likeness (QED) is 0.739. The van der Waals surface area contributed by atoms with Gasteiger partial charge >= 0.3 is 0 Å². The van der Waals surface area contributed by atoms with Gasteiger partial charge in [0.05, 0.1) is 5.69 Å². The second kappa shape index (κ2) is 5.16. The fraction of sp³-hybridized carbons (Fsp3) is 0.0909. The summed E-state index contributed by atoms with van der Waals surface area (Å²) in [6.07, 6.45) is 5.78. The van der Waals surface area contributed by atoms with Gasteiger partial charge < -0.3 is 0 Å². The number of aliphatic imine (C=N–C) groups is 1. The van der Waals surface area contributed by atoms with Crippen LogP contribution in [0.3, 0.4) is 0 Å². The summed E-state index contributed by atoms with van der Waals surface area (Å²) >= 11 is 3.28. The minimum atomic E-state index is 0. The molecule has 88 valence electrons. The molecule has 0 amide bonds. The van der Waals surface area contributed by atoms with Gasteiger partial charge in [0.25, 0.3) is 0 Å². The molecular weight excluding hydrogens is 274 g/mol. The Balaban J connectivity index is 0.00000108. The Hall–Kier alpha value is -0.910. The number of nitrogens with zero attached hydrogens (tertiary/aromatic N) is 3. The molecule has 1 aliphatic rings. The Morgan fingerprint density at radius 3 is 2.94 bits per heavy atom. The molecule has 1 aliphatic heterocycles. The number of thioether (sulfide) groups is 1. The number of benzene rings is 1. The van der Waals surface area contributed by atoms with E-state index in [1.165, 1.54) is 0 Å². The number of hydrogen-bond donors (Lipinski definition) is 0. The van der Waals surface area contributed by atoms with E-state index < -0.39 is 0 Å². The first-order valence-electron chi connectivity index (χ1n) is 4.82. The number of para-hydroxylation sites is 1. The van der Waals surface area contributed by atoms with E-state index in [1.807, 2.05) is 41.4 Å². The largest absolute Gasteiger partial charge is 0.273 e.